The summed E-state index contributed by atoms with van der Waals surface area (Å²) >= 11 is 0. The summed E-state index contributed by atoms with van der Waals surface area (Å²) in [5.74, 6) is -1.78. The third kappa shape index (κ3) is 4.73. The third-order valence-electron chi connectivity index (χ3n) is 3.68. The molecule has 0 radical (unpaired) electrons. The molecule has 140 valence electrons. The first-order chi connectivity index (χ1) is 13.0. The van der Waals surface area contributed by atoms with Crippen LogP contribution < -0.4 is 0 Å². The molecular weight excluding hydrogens is 358 g/mol. The van der Waals surface area contributed by atoms with Crippen LogP contribution in [0.4, 0.5) is 0 Å². The van der Waals surface area contributed by atoms with Crippen LogP contribution in [0.1, 0.15) is 17.4 Å². The maximum absolute atomic E-state index is 9.10. The first-order valence-electron chi connectivity index (χ1n) is 7.83. The minimum atomic E-state index is -1.82. The molecule has 0 unspecified atom stereocenters. The maximum Gasteiger partial charge on any atom is 0.414 e. The SMILES string of the molecule is O=C(O)C(=O)O.c1cnc(-c2noc(C3CN(Cc4ccoc4)C3)n2)nc1. The molecule has 3 aromatic rings. The number of carboxylic acid groups (broad SMARTS) is 2. The zero-order valence-corrected chi connectivity index (χ0v) is 13.9. The van der Waals surface area contributed by atoms with Crippen molar-refractivity contribution in [2.75, 3.05) is 13.1 Å². The first kappa shape index (κ1) is 18.2. The van der Waals surface area contributed by atoms with Gasteiger partial charge in [-0.1, -0.05) is 5.16 Å². The van der Waals surface area contributed by atoms with Crippen molar-refractivity contribution in [1.29, 1.82) is 0 Å². The second kappa shape index (κ2) is 8.19. The first-order valence-corrected chi connectivity index (χ1v) is 7.83. The average molecular weight is 373 g/mol. The molecule has 0 amide bonds. The number of hydrogen-bond donors (Lipinski definition) is 2. The van der Waals surface area contributed by atoms with Crippen molar-refractivity contribution < 1.29 is 28.7 Å². The number of aliphatic carboxylic acids is 2. The molecule has 3 aromatic heterocycles. The van der Waals surface area contributed by atoms with E-state index in [4.69, 9.17) is 28.7 Å². The van der Waals surface area contributed by atoms with Gasteiger partial charge in [-0.3, -0.25) is 4.90 Å². The van der Waals surface area contributed by atoms with Gasteiger partial charge in [-0.05, 0) is 12.1 Å². The van der Waals surface area contributed by atoms with E-state index in [0.29, 0.717) is 17.5 Å². The topological polar surface area (TPSA) is 156 Å². The highest BCUT2D eigenvalue weighted by Crippen LogP contribution is 2.28. The second-order valence-electron chi connectivity index (χ2n) is 5.66. The standard InChI is InChI=1S/C14H13N5O2.C2H2O4/c1-3-15-12(16-4-1)13-17-14(21-18-13)11-7-19(8-11)6-10-2-5-20-9-10;3-1(4)2(5)6/h1-5,9,11H,6-8H2;(H,3,4)(H,5,6). The molecule has 0 spiro atoms. The third-order valence-corrected chi connectivity index (χ3v) is 3.68. The molecular formula is C16H15N5O6. The lowest BCUT2D eigenvalue weighted by Gasteiger charge is -2.36. The summed E-state index contributed by atoms with van der Waals surface area (Å²) in [4.78, 5) is 33.1. The number of carboxylic acids is 2. The van der Waals surface area contributed by atoms with Gasteiger partial charge in [0, 0.05) is 37.6 Å². The molecule has 4 rings (SSSR count). The Bertz CT molecular complexity index is 877. The van der Waals surface area contributed by atoms with Crippen LogP contribution in [-0.2, 0) is 16.1 Å². The molecule has 0 bridgehead atoms. The van der Waals surface area contributed by atoms with Crippen molar-refractivity contribution in [3.8, 4) is 11.6 Å². The summed E-state index contributed by atoms with van der Waals surface area (Å²) in [7, 11) is 0. The smallest absolute Gasteiger partial charge is 0.414 e. The summed E-state index contributed by atoms with van der Waals surface area (Å²) in [6.07, 6.45) is 6.78. The number of aromatic nitrogens is 4. The van der Waals surface area contributed by atoms with Gasteiger partial charge in [-0.25, -0.2) is 19.6 Å². The number of likely N-dealkylation sites (tertiary alicyclic amines) is 1. The van der Waals surface area contributed by atoms with Gasteiger partial charge in [-0.2, -0.15) is 4.98 Å². The van der Waals surface area contributed by atoms with Gasteiger partial charge in [0.25, 0.3) is 0 Å². The number of nitrogens with zero attached hydrogens (tertiary/aromatic N) is 5. The summed E-state index contributed by atoms with van der Waals surface area (Å²) in [5.41, 5.74) is 1.18. The number of carbonyl (C=O) groups is 2. The molecule has 2 N–H and O–H groups in total. The summed E-state index contributed by atoms with van der Waals surface area (Å²) in [5, 5.41) is 18.7. The van der Waals surface area contributed by atoms with Crippen LogP contribution in [0.3, 0.4) is 0 Å². The monoisotopic (exact) mass is 373 g/mol. The zero-order chi connectivity index (χ0) is 19.2. The van der Waals surface area contributed by atoms with Crippen LogP contribution >= 0.6 is 0 Å². The van der Waals surface area contributed by atoms with Gasteiger partial charge in [0.05, 0.1) is 18.4 Å². The minimum absolute atomic E-state index is 0.280. The van der Waals surface area contributed by atoms with E-state index in [9.17, 15) is 0 Å². The zero-order valence-electron chi connectivity index (χ0n) is 13.9. The molecule has 11 nitrogen and oxygen atoms in total. The summed E-state index contributed by atoms with van der Waals surface area (Å²) < 4.78 is 10.4. The predicted octanol–water partition coefficient (Wildman–Crippen LogP) is 0.875. The fourth-order valence-electron chi connectivity index (χ4n) is 2.40. The molecule has 4 heterocycles. The Balaban J connectivity index is 0.000000307. The highest BCUT2D eigenvalue weighted by Gasteiger charge is 2.32. The van der Waals surface area contributed by atoms with Crippen molar-refractivity contribution >= 4 is 11.9 Å². The lowest BCUT2D eigenvalue weighted by atomic mass is 10.00. The van der Waals surface area contributed by atoms with Crippen LogP contribution in [-0.4, -0.2) is 60.2 Å². The van der Waals surface area contributed by atoms with E-state index in [0.717, 1.165) is 19.6 Å². The van der Waals surface area contributed by atoms with Crippen molar-refractivity contribution in [2.24, 2.45) is 0 Å². The van der Waals surface area contributed by atoms with Gasteiger partial charge in [0.2, 0.25) is 17.5 Å². The Morgan fingerprint density at radius 2 is 1.85 bits per heavy atom. The molecule has 11 heteroatoms. The van der Waals surface area contributed by atoms with Crippen molar-refractivity contribution in [3.63, 3.8) is 0 Å². The highest BCUT2D eigenvalue weighted by molar-refractivity contribution is 6.27. The molecule has 1 fully saturated rings. The molecule has 0 aliphatic carbocycles. The largest absolute Gasteiger partial charge is 0.473 e. The quantitative estimate of drug-likeness (QED) is 0.626. The highest BCUT2D eigenvalue weighted by atomic mass is 16.5. The fourth-order valence-corrected chi connectivity index (χ4v) is 2.40. The van der Waals surface area contributed by atoms with E-state index in [-0.39, 0.29) is 5.92 Å². The average Bonchev–Trinajstić information content (AvgIpc) is 3.31. The summed E-state index contributed by atoms with van der Waals surface area (Å²) in [6, 6.07) is 3.73. The molecule has 1 aliphatic heterocycles. The van der Waals surface area contributed by atoms with Crippen LogP contribution in [0.2, 0.25) is 0 Å². The Hall–Kier alpha value is -3.60. The van der Waals surface area contributed by atoms with Gasteiger partial charge >= 0.3 is 11.9 Å². The molecule has 0 atom stereocenters. The second-order valence-corrected chi connectivity index (χ2v) is 5.66. The molecule has 27 heavy (non-hydrogen) atoms. The van der Waals surface area contributed by atoms with Gasteiger partial charge < -0.3 is 19.2 Å². The minimum Gasteiger partial charge on any atom is -0.473 e. The maximum atomic E-state index is 9.10. The van der Waals surface area contributed by atoms with E-state index in [1.807, 2.05) is 6.07 Å². The fraction of sp³-hybridized carbons (Fsp3) is 0.250. The van der Waals surface area contributed by atoms with Gasteiger partial charge in [0.15, 0.2) is 0 Å². The van der Waals surface area contributed by atoms with Gasteiger partial charge in [0.1, 0.15) is 0 Å². The normalized spacial score (nSPS) is 14.1. The van der Waals surface area contributed by atoms with Crippen LogP contribution in [0, 0.1) is 0 Å². The van der Waals surface area contributed by atoms with Crippen LogP contribution in [0.25, 0.3) is 11.6 Å². The van der Waals surface area contributed by atoms with Crippen molar-refractivity contribution in [1.82, 2.24) is 25.0 Å². The lowest BCUT2D eigenvalue weighted by molar-refractivity contribution is -0.159. The Labute approximate surface area is 152 Å². The molecule has 1 saturated heterocycles. The molecule has 0 aromatic carbocycles. The van der Waals surface area contributed by atoms with E-state index < -0.39 is 11.9 Å². The van der Waals surface area contributed by atoms with Gasteiger partial charge in [-0.15, -0.1) is 0 Å². The Morgan fingerprint density at radius 3 is 2.44 bits per heavy atom. The van der Waals surface area contributed by atoms with Crippen molar-refractivity contribution in [3.05, 3.63) is 48.5 Å². The van der Waals surface area contributed by atoms with Crippen molar-refractivity contribution in [2.45, 2.75) is 12.5 Å². The lowest BCUT2D eigenvalue weighted by Crippen LogP contribution is -2.44. The molecule has 1 aliphatic rings. The van der Waals surface area contributed by atoms with E-state index in [2.05, 4.69) is 25.0 Å². The van der Waals surface area contributed by atoms with E-state index in [1.54, 1.807) is 31.0 Å². The Kier molecular flexibility index (Phi) is 5.52. The van der Waals surface area contributed by atoms with Crippen LogP contribution in [0.5, 0.6) is 0 Å². The number of hydrogen-bond acceptors (Lipinski definition) is 9. The van der Waals surface area contributed by atoms with E-state index >= 15 is 0 Å². The number of furan rings is 1. The Morgan fingerprint density at radius 1 is 1.15 bits per heavy atom. The predicted molar refractivity (Wildman–Crippen MR) is 87.3 cm³/mol. The number of rotatable bonds is 4. The van der Waals surface area contributed by atoms with E-state index in [1.165, 1.54) is 5.56 Å². The summed E-state index contributed by atoms with van der Waals surface area (Å²) in [6.45, 7) is 2.70. The molecule has 0 saturated carbocycles. The van der Waals surface area contributed by atoms with Crippen LogP contribution in [0.15, 0.2) is 46.0 Å².